The van der Waals surface area contributed by atoms with E-state index in [1.165, 1.54) is 5.56 Å². The van der Waals surface area contributed by atoms with Crippen molar-refractivity contribution in [2.24, 2.45) is 0 Å². The molecule has 1 heterocycles. The van der Waals surface area contributed by atoms with Crippen molar-refractivity contribution in [1.82, 2.24) is 5.32 Å². The second-order valence-electron chi connectivity index (χ2n) is 4.45. The number of hydrogen-bond donors (Lipinski definition) is 1. The average molecular weight is 375 g/mol. The minimum absolute atomic E-state index is 0.0734. The summed E-state index contributed by atoms with van der Waals surface area (Å²) in [7, 11) is 1.69. The summed E-state index contributed by atoms with van der Waals surface area (Å²) in [6.07, 6.45) is 1.07. The minimum atomic E-state index is 0.0734. The van der Waals surface area contributed by atoms with Gasteiger partial charge in [0.1, 0.15) is 5.75 Å². The lowest BCUT2D eigenvalue weighted by molar-refractivity contribution is 0.404. The van der Waals surface area contributed by atoms with Gasteiger partial charge in [-0.15, -0.1) is 0 Å². The van der Waals surface area contributed by atoms with Gasteiger partial charge in [0, 0.05) is 20.4 Å². The summed E-state index contributed by atoms with van der Waals surface area (Å²) >= 11 is 11.5. The zero-order valence-electron chi connectivity index (χ0n) is 11.5. The molecule has 1 atom stereocenters. The smallest absolute Gasteiger partial charge is 0.124 e. The maximum absolute atomic E-state index is 6.16. The van der Waals surface area contributed by atoms with E-state index in [2.05, 4.69) is 38.9 Å². The van der Waals surface area contributed by atoms with Crippen LogP contribution in [0, 0.1) is 0 Å². The molecule has 1 aromatic carbocycles. The number of ether oxygens (including phenoxy) is 1. The number of benzene rings is 1. The molecule has 0 saturated heterocycles. The van der Waals surface area contributed by atoms with Crippen molar-refractivity contribution in [3.63, 3.8) is 0 Å². The zero-order chi connectivity index (χ0) is 14.5. The third-order valence-electron chi connectivity index (χ3n) is 3.05. The first-order chi connectivity index (χ1) is 9.67. The van der Waals surface area contributed by atoms with Crippen LogP contribution in [0.5, 0.6) is 5.75 Å². The topological polar surface area (TPSA) is 21.3 Å². The third-order valence-corrected chi connectivity index (χ3v) is 5.04. The molecule has 20 heavy (non-hydrogen) atoms. The average Bonchev–Trinajstić information content (AvgIpc) is 2.86. The van der Waals surface area contributed by atoms with E-state index in [9.17, 15) is 0 Å². The Kier molecular flexibility index (Phi) is 5.90. The Morgan fingerprint density at radius 2 is 2.15 bits per heavy atom. The molecule has 2 rings (SSSR count). The molecule has 0 aliphatic heterocycles. The lowest BCUT2D eigenvalue weighted by Gasteiger charge is -2.21. The molecule has 0 spiro atoms. The molecule has 0 radical (unpaired) electrons. The van der Waals surface area contributed by atoms with Crippen LogP contribution in [0.25, 0.3) is 0 Å². The summed E-state index contributed by atoms with van der Waals surface area (Å²) < 4.78 is 6.60. The summed E-state index contributed by atoms with van der Waals surface area (Å²) in [5.41, 5.74) is 2.27. The highest BCUT2D eigenvalue weighted by molar-refractivity contribution is 9.10. The van der Waals surface area contributed by atoms with E-state index >= 15 is 0 Å². The SMILES string of the molecule is CCCNC(c1cscc1Br)c1cc(Cl)ccc1OC. The summed E-state index contributed by atoms with van der Waals surface area (Å²) in [5, 5.41) is 8.53. The van der Waals surface area contributed by atoms with Crippen LogP contribution in [0.2, 0.25) is 5.02 Å². The van der Waals surface area contributed by atoms with Gasteiger partial charge in [-0.1, -0.05) is 18.5 Å². The van der Waals surface area contributed by atoms with Gasteiger partial charge in [0.2, 0.25) is 0 Å². The molecule has 0 bridgehead atoms. The van der Waals surface area contributed by atoms with Gasteiger partial charge in [0.25, 0.3) is 0 Å². The highest BCUT2D eigenvalue weighted by atomic mass is 79.9. The molecule has 0 saturated carbocycles. The lowest BCUT2D eigenvalue weighted by Crippen LogP contribution is -2.23. The van der Waals surface area contributed by atoms with E-state index in [-0.39, 0.29) is 6.04 Å². The molecule has 0 aliphatic rings. The highest BCUT2D eigenvalue weighted by Crippen LogP contribution is 2.36. The fourth-order valence-electron chi connectivity index (χ4n) is 2.10. The van der Waals surface area contributed by atoms with Crippen LogP contribution < -0.4 is 10.1 Å². The fourth-order valence-corrected chi connectivity index (χ4v) is 3.84. The van der Waals surface area contributed by atoms with E-state index in [0.717, 1.165) is 33.8 Å². The van der Waals surface area contributed by atoms with Crippen molar-refractivity contribution in [2.45, 2.75) is 19.4 Å². The molecular weight excluding hydrogens is 358 g/mol. The van der Waals surface area contributed by atoms with Crippen LogP contribution in [0.3, 0.4) is 0 Å². The number of hydrogen-bond acceptors (Lipinski definition) is 3. The fraction of sp³-hybridized carbons (Fsp3) is 0.333. The first-order valence-corrected chi connectivity index (χ1v) is 8.57. The van der Waals surface area contributed by atoms with E-state index in [4.69, 9.17) is 16.3 Å². The van der Waals surface area contributed by atoms with Crippen LogP contribution in [-0.2, 0) is 0 Å². The monoisotopic (exact) mass is 373 g/mol. The predicted molar refractivity (Wildman–Crippen MR) is 90.2 cm³/mol. The second kappa shape index (κ2) is 7.46. The maximum atomic E-state index is 6.16. The molecule has 5 heteroatoms. The van der Waals surface area contributed by atoms with Crippen molar-refractivity contribution >= 4 is 38.9 Å². The van der Waals surface area contributed by atoms with Crippen LogP contribution in [-0.4, -0.2) is 13.7 Å². The minimum Gasteiger partial charge on any atom is -0.496 e. The number of rotatable bonds is 6. The van der Waals surface area contributed by atoms with Gasteiger partial charge in [-0.05, 0) is 58.0 Å². The quantitative estimate of drug-likeness (QED) is 0.744. The molecule has 1 aromatic heterocycles. The van der Waals surface area contributed by atoms with Crippen molar-refractivity contribution in [2.75, 3.05) is 13.7 Å². The Balaban J connectivity index is 2.46. The second-order valence-corrected chi connectivity index (χ2v) is 6.48. The Hall–Kier alpha value is -0.550. The first-order valence-electron chi connectivity index (χ1n) is 6.45. The molecule has 0 fully saturated rings. The summed E-state index contributed by atoms with van der Waals surface area (Å²) in [6, 6.07) is 5.81. The van der Waals surface area contributed by atoms with E-state index in [1.807, 2.05) is 18.2 Å². The van der Waals surface area contributed by atoms with Crippen molar-refractivity contribution in [3.8, 4) is 5.75 Å². The van der Waals surface area contributed by atoms with Crippen LogP contribution in [0.15, 0.2) is 33.4 Å². The standard InChI is InChI=1S/C15H17BrClNOS/c1-3-6-18-15(12-8-20-9-13(12)16)11-7-10(17)4-5-14(11)19-2/h4-5,7-9,15,18H,3,6H2,1-2H3. The molecular formula is C15H17BrClNOS. The van der Waals surface area contributed by atoms with Crippen LogP contribution in [0.4, 0.5) is 0 Å². The van der Waals surface area contributed by atoms with Gasteiger partial charge in [-0.3, -0.25) is 0 Å². The van der Waals surface area contributed by atoms with Gasteiger partial charge >= 0.3 is 0 Å². The summed E-state index contributed by atoms with van der Waals surface area (Å²) in [4.78, 5) is 0. The molecule has 0 amide bonds. The zero-order valence-corrected chi connectivity index (χ0v) is 14.6. The Morgan fingerprint density at radius 1 is 1.35 bits per heavy atom. The molecule has 108 valence electrons. The van der Waals surface area contributed by atoms with Crippen LogP contribution >= 0.6 is 38.9 Å². The van der Waals surface area contributed by atoms with Crippen molar-refractivity contribution in [3.05, 3.63) is 49.6 Å². The van der Waals surface area contributed by atoms with Crippen LogP contribution in [0.1, 0.15) is 30.5 Å². The van der Waals surface area contributed by atoms with Gasteiger partial charge in [0.15, 0.2) is 0 Å². The summed E-state index contributed by atoms with van der Waals surface area (Å²) in [6.45, 7) is 3.09. The molecule has 0 aliphatic carbocycles. The van der Waals surface area contributed by atoms with Crippen molar-refractivity contribution < 1.29 is 4.74 Å². The molecule has 1 N–H and O–H groups in total. The molecule has 2 aromatic rings. The number of nitrogens with one attached hydrogen (secondary N) is 1. The van der Waals surface area contributed by atoms with E-state index < -0.39 is 0 Å². The number of thiophene rings is 1. The van der Waals surface area contributed by atoms with Gasteiger partial charge in [-0.25, -0.2) is 0 Å². The third kappa shape index (κ3) is 3.55. The van der Waals surface area contributed by atoms with Gasteiger partial charge in [-0.2, -0.15) is 11.3 Å². The Bertz CT molecular complexity index is 573. The van der Waals surface area contributed by atoms with Gasteiger partial charge < -0.3 is 10.1 Å². The molecule has 2 nitrogen and oxygen atoms in total. The van der Waals surface area contributed by atoms with E-state index in [0.29, 0.717) is 0 Å². The van der Waals surface area contributed by atoms with E-state index in [1.54, 1.807) is 18.4 Å². The predicted octanol–water partition coefficient (Wildman–Crippen LogP) is 5.26. The highest BCUT2D eigenvalue weighted by Gasteiger charge is 2.20. The Labute approximate surface area is 137 Å². The summed E-state index contributed by atoms with van der Waals surface area (Å²) in [5.74, 6) is 0.848. The Morgan fingerprint density at radius 3 is 2.75 bits per heavy atom. The maximum Gasteiger partial charge on any atom is 0.124 e. The molecule has 1 unspecified atom stereocenters. The lowest BCUT2D eigenvalue weighted by atomic mass is 10.00. The normalized spacial score (nSPS) is 12.4. The first kappa shape index (κ1) is 15.8. The van der Waals surface area contributed by atoms with Gasteiger partial charge in [0.05, 0.1) is 13.2 Å². The largest absolute Gasteiger partial charge is 0.496 e. The number of halogens is 2. The number of methoxy groups -OCH3 is 1. The van der Waals surface area contributed by atoms with Crippen molar-refractivity contribution in [1.29, 1.82) is 0 Å².